The second kappa shape index (κ2) is 5.43. The third-order valence-electron chi connectivity index (χ3n) is 1.35. The van der Waals surface area contributed by atoms with Gasteiger partial charge in [0.1, 0.15) is 0 Å². The third kappa shape index (κ3) is 4.65. The van der Waals surface area contributed by atoms with Gasteiger partial charge in [0.2, 0.25) is 0 Å². The van der Waals surface area contributed by atoms with E-state index in [2.05, 4.69) is 14.8 Å². The summed E-state index contributed by atoms with van der Waals surface area (Å²) in [6.07, 6.45) is -0.560. The van der Waals surface area contributed by atoms with Gasteiger partial charge in [0.05, 0.1) is 7.11 Å². The van der Waals surface area contributed by atoms with Crippen molar-refractivity contribution < 1.29 is 22.5 Å². The van der Waals surface area contributed by atoms with E-state index in [1.807, 2.05) is 0 Å². The largest absolute Gasteiger partial charge is 0.469 e. The summed E-state index contributed by atoms with van der Waals surface area (Å²) in [6.45, 7) is 0. The number of nitrogens with zero attached hydrogens (tertiary/aromatic N) is 3. The van der Waals surface area contributed by atoms with Gasteiger partial charge >= 0.3 is 5.97 Å². The number of carbonyl (C=O) groups is 1. The van der Waals surface area contributed by atoms with E-state index in [4.69, 9.17) is 10.1 Å². The molecule has 0 fully saturated rings. The molecule has 14 heavy (non-hydrogen) atoms. The van der Waals surface area contributed by atoms with Crippen molar-refractivity contribution >= 4 is 16.1 Å². The van der Waals surface area contributed by atoms with Gasteiger partial charge in [-0.15, -0.1) is 0 Å². The van der Waals surface area contributed by atoms with E-state index in [0.717, 1.165) is 7.11 Å². The highest BCUT2D eigenvalue weighted by atomic mass is 32.2. The smallest absolute Gasteiger partial charge is 0.305 e. The summed E-state index contributed by atoms with van der Waals surface area (Å²) in [5.74, 6) is -0.646. The Kier molecular flexibility index (Phi) is 4.92. The van der Waals surface area contributed by atoms with Crippen LogP contribution in [0.3, 0.4) is 0 Å². The van der Waals surface area contributed by atoms with Crippen LogP contribution in [0, 0.1) is 0 Å². The third-order valence-corrected chi connectivity index (χ3v) is 2.36. The van der Waals surface area contributed by atoms with Crippen molar-refractivity contribution in [3.63, 3.8) is 0 Å². The van der Waals surface area contributed by atoms with Crippen LogP contribution in [0.15, 0.2) is 5.11 Å². The molecule has 0 bridgehead atoms. The number of ether oxygens (including phenoxy) is 1. The Morgan fingerprint density at radius 2 is 2.29 bits per heavy atom. The minimum absolute atomic E-state index is 0.250. The van der Waals surface area contributed by atoms with Crippen molar-refractivity contribution in [1.82, 2.24) is 0 Å². The molecule has 0 radical (unpaired) electrons. The maximum absolute atomic E-state index is 10.6. The molecule has 0 amide bonds. The lowest BCUT2D eigenvalue weighted by Gasteiger charge is -2.05. The molecule has 0 aromatic carbocycles. The molecule has 0 aliphatic carbocycles. The molecule has 0 aromatic rings. The molecule has 80 valence electrons. The fraction of sp³-hybridized carbons (Fsp3) is 0.800. The van der Waals surface area contributed by atoms with Crippen LogP contribution in [0.4, 0.5) is 0 Å². The number of esters is 1. The van der Waals surface area contributed by atoms with Crippen molar-refractivity contribution in [3.05, 3.63) is 10.4 Å². The van der Waals surface area contributed by atoms with Crippen molar-refractivity contribution in [1.29, 1.82) is 0 Å². The van der Waals surface area contributed by atoms with Crippen LogP contribution >= 0.6 is 0 Å². The number of azide groups is 1. The highest BCUT2D eigenvalue weighted by Crippen LogP contribution is 2.09. The Morgan fingerprint density at radius 3 is 2.64 bits per heavy atom. The van der Waals surface area contributed by atoms with Crippen LogP contribution in [0.5, 0.6) is 0 Å². The maximum atomic E-state index is 10.6. The zero-order valence-corrected chi connectivity index (χ0v) is 8.14. The molecule has 1 N–H and O–H groups in total. The quantitative estimate of drug-likeness (QED) is 0.238. The topological polar surface area (TPSA) is 129 Å². The standard InChI is InChI=1S/C5H9N3O5S/c1-13-5(9)3-2-4(7-8-6)14(10,11)12/h4H,2-3H2,1H3,(H,10,11,12). The van der Waals surface area contributed by atoms with Crippen molar-refractivity contribution in [2.45, 2.75) is 18.2 Å². The average molecular weight is 223 g/mol. The van der Waals surface area contributed by atoms with E-state index in [-0.39, 0.29) is 12.8 Å². The first-order chi connectivity index (χ1) is 6.41. The summed E-state index contributed by atoms with van der Waals surface area (Å²) in [6, 6.07) is 0. The Morgan fingerprint density at radius 1 is 1.71 bits per heavy atom. The molecule has 0 saturated heterocycles. The average Bonchev–Trinajstić information content (AvgIpc) is 2.09. The SMILES string of the molecule is COC(=O)CCC(N=[N+]=[N-])S(=O)(=O)O. The first-order valence-electron chi connectivity index (χ1n) is 3.49. The fourth-order valence-electron chi connectivity index (χ4n) is 0.667. The lowest BCUT2D eigenvalue weighted by molar-refractivity contribution is -0.140. The molecular formula is C5H9N3O5S. The van der Waals surface area contributed by atoms with Gasteiger partial charge < -0.3 is 4.74 Å². The monoisotopic (exact) mass is 223 g/mol. The van der Waals surface area contributed by atoms with E-state index in [0.29, 0.717) is 0 Å². The number of methoxy groups -OCH3 is 1. The van der Waals surface area contributed by atoms with Crippen LogP contribution in [0.2, 0.25) is 0 Å². The minimum Gasteiger partial charge on any atom is -0.469 e. The molecule has 0 aliphatic rings. The Labute approximate surface area is 80.2 Å². The first kappa shape index (κ1) is 12.7. The normalized spacial score (nSPS) is 12.7. The van der Waals surface area contributed by atoms with Crippen LogP contribution in [0.1, 0.15) is 12.8 Å². The minimum atomic E-state index is -4.46. The van der Waals surface area contributed by atoms with E-state index in [1.165, 1.54) is 0 Å². The number of hydrogen-bond acceptors (Lipinski definition) is 5. The molecule has 1 atom stereocenters. The molecule has 0 spiro atoms. The Bertz CT molecular complexity index is 344. The van der Waals surface area contributed by atoms with Gasteiger partial charge in [-0.25, -0.2) is 0 Å². The molecular weight excluding hydrogens is 214 g/mol. The molecule has 0 aliphatic heterocycles. The Balaban J connectivity index is 4.41. The van der Waals surface area contributed by atoms with Crippen LogP contribution in [-0.4, -0.2) is 31.4 Å². The van der Waals surface area contributed by atoms with Gasteiger partial charge in [-0.2, -0.15) is 8.42 Å². The van der Waals surface area contributed by atoms with Crippen LogP contribution in [0.25, 0.3) is 10.4 Å². The van der Waals surface area contributed by atoms with Crippen molar-refractivity contribution in [2.75, 3.05) is 7.11 Å². The van der Waals surface area contributed by atoms with Gasteiger partial charge in [0.25, 0.3) is 10.1 Å². The van der Waals surface area contributed by atoms with E-state index < -0.39 is 21.5 Å². The summed E-state index contributed by atoms with van der Waals surface area (Å²) in [5, 5.41) is 1.19. The lowest BCUT2D eigenvalue weighted by Crippen LogP contribution is -2.19. The highest BCUT2D eigenvalue weighted by molar-refractivity contribution is 7.86. The summed E-state index contributed by atoms with van der Waals surface area (Å²) < 4.78 is 33.9. The number of carbonyl (C=O) groups excluding carboxylic acids is 1. The lowest BCUT2D eigenvalue weighted by atomic mass is 10.3. The molecule has 0 heterocycles. The van der Waals surface area contributed by atoms with Gasteiger partial charge in [0, 0.05) is 11.3 Å². The van der Waals surface area contributed by atoms with Crippen LogP contribution in [-0.2, 0) is 19.6 Å². The van der Waals surface area contributed by atoms with Gasteiger partial charge in [-0.1, -0.05) is 5.11 Å². The molecule has 0 saturated carbocycles. The van der Waals surface area contributed by atoms with Crippen molar-refractivity contribution in [2.24, 2.45) is 5.11 Å². The molecule has 1 unspecified atom stereocenters. The van der Waals surface area contributed by atoms with Crippen molar-refractivity contribution in [3.8, 4) is 0 Å². The molecule has 0 rings (SSSR count). The highest BCUT2D eigenvalue weighted by Gasteiger charge is 2.22. The second-order valence-corrected chi connectivity index (χ2v) is 3.86. The fourth-order valence-corrected chi connectivity index (χ4v) is 1.24. The number of hydrogen-bond donors (Lipinski definition) is 1. The summed E-state index contributed by atoms with van der Waals surface area (Å²) in [5.41, 5.74) is 7.99. The first-order valence-corrected chi connectivity index (χ1v) is 4.99. The Hall–Kier alpha value is -1.31. The van der Waals surface area contributed by atoms with E-state index in [9.17, 15) is 13.2 Å². The zero-order valence-electron chi connectivity index (χ0n) is 7.32. The molecule has 9 heteroatoms. The zero-order chi connectivity index (χ0) is 11.2. The number of rotatable bonds is 5. The van der Waals surface area contributed by atoms with Gasteiger partial charge in [0.15, 0.2) is 5.37 Å². The summed E-state index contributed by atoms with van der Waals surface area (Å²) in [7, 11) is -3.32. The molecule has 8 nitrogen and oxygen atoms in total. The maximum Gasteiger partial charge on any atom is 0.305 e. The second-order valence-electron chi connectivity index (χ2n) is 2.29. The summed E-state index contributed by atoms with van der Waals surface area (Å²) in [4.78, 5) is 12.9. The van der Waals surface area contributed by atoms with Gasteiger partial charge in [-0.3, -0.25) is 9.35 Å². The van der Waals surface area contributed by atoms with Gasteiger partial charge in [-0.05, 0) is 12.0 Å². The van der Waals surface area contributed by atoms with Crippen LogP contribution < -0.4 is 0 Å². The van der Waals surface area contributed by atoms with E-state index >= 15 is 0 Å². The predicted octanol–water partition coefficient (Wildman–Crippen LogP) is 0.464. The predicted molar refractivity (Wildman–Crippen MR) is 45.7 cm³/mol. The van der Waals surface area contributed by atoms with E-state index in [1.54, 1.807) is 0 Å². The summed E-state index contributed by atoms with van der Waals surface area (Å²) >= 11 is 0. The molecule has 0 aromatic heterocycles.